The Bertz CT molecular complexity index is 2360. The first-order valence-electron chi connectivity index (χ1n) is 19.8. The maximum atomic E-state index is 12.5. The molecule has 22 heteroatoms. The van der Waals surface area contributed by atoms with E-state index in [9.17, 15) is 48.9 Å². The molecule has 2 aromatic rings. The molecule has 1 aliphatic heterocycles. The van der Waals surface area contributed by atoms with Crippen LogP contribution in [0.5, 0.6) is 5.75 Å². The summed E-state index contributed by atoms with van der Waals surface area (Å²) >= 11 is 10.4. The summed E-state index contributed by atoms with van der Waals surface area (Å²) < 4.78 is 21.6. The third-order valence-corrected chi connectivity index (χ3v) is 9.72. The van der Waals surface area contributed by atoms with Gasteiger partial charge in [0.15, 0.2) is 21.9 Å². The normalized spacial score (nSPS) is 11.8. The van der Waals surface area contributed by atoms with E-state index < -0.39 is 30.2 Å². The smallest absolute Gasteiger partial charge is 0.336 e. The van der Waals surface area contributed by atoms with Crippen LogP contribution in [0.3, 0.4) is 0 Å². The summed E-state index contributed by atoms with van der Waals surface area (Å²) in [5, 5.41) is 52.8. The summed E-state index contributed by atoms with van der Waals surface area (Å²) in [6.07, 6.45) is -1.20. The van der Waals surface area contributed by atoms with Crippen LogP contribution in [0.4, 0.5) is 5.69 Å². The number of Topliss-reactive ketones (excluding diaryl/α,β-unsaturated/α-hetero) is 1. The van der Waals surface area contributed by atoms with Crippen LogP contribution >= 0.6 is 24.4 Å². The van der Waals surface area contributed by atoms with Crippen molar-refractivity contribution < 1.29 is 67.8 Å². The van der Waals surface area contributed by atoms with E-state index >= 15 is 0 Å². The first-order valence-corrected chi connectivity index (χ1v) is 20.6. The number of fused-ring (bicyclic) bond motifs is 2. The van der Waals surface area contributed by atoms with Gasteiger partial charge in [-0.2, -0.15) is 0 Å². The fraction of sp³-hybridized carbons (Fsp3) is 0.357. The van der Waals surface area contributed by atoms with Crippen LogP contribution in [0.1, 0.15) is 55.3 Å². The zero-order chi connectivity index (χ0) is 46.6. The first-order chi connectivity index (χ1) is 30.6. The molecule has 0 saturated heterocycles. The highest BCUT2D eigenvalue weighted by molar-refractivity contribution is 7.80. The summed E-state index contributed by atoms with van der Waals surface area (Å²) in [6.45, 7) is 1.51. The molecule has 9 N–H and O–H groups in total. The van der Waals surface area contributed by atoms with Crippen molar-refractivity contribution in [2.24, 2.45) is 0 Å². The Hall–Kier alpha value is -6.75. The van der Waals surface area contributed by atoms with E-state index in [4.69, 9.17) is 48.2 Å². The molecule has 0 aromatic heterocycles. The number of carbonyl (C=O) groups is 6. The van der Waals surface area contributed by atoms with E-state index in [1.165, 1.54) is 30.3 Å². The van der Waals surface area contributed by atoms with E-state index in [0.29, 0.717) is 40.7 Å². The minimum absolute atomic E-state index is 0.0418. The van der Waals surface area contributed by atoms with Gasteiger partial charge in [0.05, 0.1) is 38.4 Å². The quantitative estimate of drug-likeness (QED) is 0.0136. The molecule has 0 saturated carbocycles. The number of carboxylic acids is 3. The van der Waals surface area contributed by atoms with Crippen LogP contribution in [0.2, 0.25) is 0 Å². The van der Waals surface area contributed by atoms with Crippen LogP contribution in [-0.4, -0.2) is 119 Å². The number of hydrogen-bond donors (Lipinski definition) is 9. The average Bonchev–Trinajstić information content (AvgIpc) is 3.24. The van der Waals surface area contributed by atoms with E-state index in [2.05, 4.69) is 26.6 Å². The minimum Gasteiger partial charge on any atom is -0.508 e. The second-order valence-electron chi connectivity index (χ2n) is 13.9. The molecule has 2 aromatic carbocycles. The van der Waals surface area contributed by atoms with Crippen LogP contribution in [0.15, 0.2) is 63.8 Å². The molecule has 64 heavy (non-hydrogen) atoms. The second-order valence-corrected chi connectivity index (χ2v) is 14.7. The Morgan fingerprint density at radius 2 is 1.52 bits per heavy atom. The van der Waals surface area contributed by atoms with E-state index in [0.717, 1.165) is 0 Å². The first kappa shape index (κ1) is 49.9. The van der Waals surface area contributed by atoms with Gasteiger partial charge in [-0.25, -0.2) is 9.59 Å². The Balaban J connectivity index is 1.08. The molecule has 1 amide bonds. The summed E-state index contributed by atoms with van der Waals surface area (Å²) in [7, 11) is 0. The molecule has 342 valence electrons. The van der Waals surface area contributed by atoms with Crippen molar-refractivity contribution >= 4 is 87.4 Å². The van der Waals surface area contributed by atoms with Gasteiger partial charge in [-0.05, 0) is 79.2 Å². The maximum absolute atomic E-state index is 12.5. The zero-order valence-corrected chi connectivity index (χ0v) is 35.8. The van der Waals surface area contributed by atoms with Gasteiger partial charge in [-0.15, -0.1) is 0 Å². The number of ether oxygens (including phenoxy) is 3. The van der Waals surface area contributed by atoms with Gasteiger partial charge in [0, 0.05) is 73.1 Å². The van der Waals surface area contributed by atoms with Crippen molar-refractivity contribution in [3.63, 3.8) is 0 Å². The lowest BCUT2D eigenvalue weighted by Crippen LogP contribution is -2.49. The minimum atomic E-state index is -1.28. The summed E-state index contributed by atoms with van der Waals surface area (Å²) in [6, 6.07) is 12.2. The van der Waals surface area contributed by atoms with Crippen molar-refractivity contribution in [2.45, 2.75) is 57.2 Å². The monoisotopic (exact) mass is 925 g/mol. The molecule has 0 unspecified atom stereocenters. The zero-order valence-electron chi connectivity index (χ0n) is 34.2. The molecule has 0 radical (unpaired) electrons. The van der Waals surface area contributed by atoms with Crippen molar-refractivity contribution in [2.75, 3.05) is 44.8 Å². The lowest BCUT2D eigenvalue weighted by atomic mass is 9.90. The molecule has 1 aliphatic carbocycles. The highest BCUT2D eigenvalue weighted by Crippen LogP contribution is 2.42. The predicted octanol–water partition coefficient (Wildman–Crippen LogP) is 3.21. The van der Waals surface area contributed by atoms with Gasteiger partial charge in [0.1, 0.15) is 28.9 Å². The van der Waals surface area contributed by atoms with Crippen molar-refractivity contribution in [1.82, 2.24) is 21.3 Å². The van der Waals surface area contributed by atoms with Crippen molar-refractivity contribution in [1.29, 1.82) is 0 Å². The fourth-order valence-electron chi connectivity index (χ4n) is 6.20. The molecule has 0 spiro atoms. The number of thiocarbonyl (C=S) groups is 2. The predicted molar refractivity (Wildman–Crippen MR) is 238 cm³/mol. The summed E-state index contributed by atoms with van der Waals surface area (Å²) in [4.78, 5) is 82.2. The van der Waals surface area contributed by atoms with Gasteiger partial charge >= 0.3 is 17.9 Å². The molecule has 0 bridgehead atoms. The number of anilines is 1. The third-order valence-electron chi connectivity index (χ3n) is 9.23. The topological polar surface area (TPSA) is 301 Å². The molecular formula is C42H47N5O15S2. The van der Waals surface area contributed by atoms with Crippen molar-refractivity contribution in [3.8, 4) is 28.2 Å². The Labute approximate surface area is 376 Å². The molecule has 20 nitrogen and oxygen atoms in total. The van der Waals surface area contributed by atoms with Gasteiger partial charge in [-0.1, -0.05) is 6.07 Å². The molecule has 2 aliphatic rings. The standard InChI is InChI=1S/C42H47N5O15S2/c48-23-61-36(11-12-37(53)54)47-42(64)46-32(40(57)58)10-6-25(49)2-1-14-43-35(52)13-16-59-18-19-60-17-15-44-41(63)45-24-3-7-28(31(20-24)39(55)56)38-29-8-4-26(50)21-33(29)62-34-22-27(51)5-9-30(34)38/h3-5,7-9,20-23,32,36,50H,1-2,6,10-19H2,(H,43,52)(H,53,54)(H,55,56)(H,57,58)(H2,44,45,63)(H2,46,47,64)/t32-,36+/m0/s1. The van der Waals surface area contributed by atoms with E-state index in [-0.39, 0.29) is 128 Å². The second kappa shape index (κ2) is 25.4. The number of aromatic carboxylic acids is 1. The maximum Gasteiger partial charge on any atom is 0.336 e. The number of aliphatic carboxylic acids is 2. The van der Waals surface area contributed by atoms with Crippen molar-refractivity contribution in [3.05, 3.63) is 70.4 Å². The number of benzene rings is 3. The molecule has 1 heterocycles. The average molecular weight is 926 g/mol. The Morgan fingerprint density at radius 3 is 2.23 bits per heavy atom. The SMILES string of the molecule is O=CO[C@H](CCC(=O)O)NC(=S)N[C@@H](CCC(=O)CCCNC(=O)CCOCCOCCNC(=S)Nc1ccc(-c2c3ccc(=O)cc-3oc3cc(O)ccc23)c(C(=O)O)c1)C(=O)O. The third kappa shape index (κ3) is 16.2. The number of ketones is 1. The number of hydrogen-bond acceptors (Lipinski definition) is 14. The molecule has 2 atom stereocenters. The fourth-order valence-corrected chi connectivity index (χ4v) is 6.69. The molecule has 4 rings (SSSR count). The highest BCUT2D eigenvalue weighted by atomic mass is 32.1. The Kier molecular flexibility index (Phi) is 19.8. The lowest BCUT2D eigenvalue weighted by molar-refractivity contribution is -0.141. The highest BCUT2D eigenvalue weighted by Gasteiger charge is 2.24. The van der Waals surface area contributed by atoms with Crippen LogP contribution in [0, 0.1) is 0 Å². The number of carbonyl (C=O) groups excluding carboxylic acids is 3. The largest absolute Gasteiger partial charge is 0.508 e. The van der Waals surface area contributed by atoms with E-state index in [1.54, 1.807) is 24.3 Å². The van der Waals surface area contributed by atoms with Crippen LogP contribution < -0.4 is 32.0 Å². The number of rotatable bonds is 27. The molecular weight excluding hydrogens is 879 g/mol. The number of carboxylic acid groups (broad SMARTS) is 3. The Morgan fingerprint density at radius 1 is 0.766 bits per heavy atom. The summed E-state index contributed by atoms with van der Waals surface area (Å²) in [5.41, 5.74) is 1.74. The number of nitrogens with one attached hydrogen (secondary N) is 5. The van der Waals surface area contributed by atoms with E-state index in [1.807, 2.05) is 0 Å². The summed E-state index contributed by atoms with van der Waals surface area (Å²) in [5.74, 6) is -3.94. The number of phenolic OH excluding ortho intramolecular Hbond substituents is 1. The van der Waals surface area contributed by atoms with Gasteiger partial charge in [-0.3, -0.25) is 24.0 Å². The van der Waals surface area contributed by atoms with Gasteiger partial charge in [0.25, 0.3) is 6.47 Å². The molecule has 0 fully saturated rings. The lowest BCUT2D eigenvalue weighted by Gasteiger charge is -2.21. The number of amides is 1. The van der Waals surface area contributed by atoms with Gasteiger partial charge < -0.3 is 65.6 Å². The van der Waals surface area contributed by atoms with Crippen LogP contribution in [0.25, 0.3) is 33.4 Å². The van der Waals surface area contributed by atoms with Crippen LogP contribution in [-0.2, 0) is 38.2 Å². The number of phenols is 1. The number of aromatic hydroxyl groups is 1. The van der Waals surface area contributed by atoms with Gasteiger partial charge in [0.2, 0.25) is 5.91 Å².